The molecule has 0 saturated carbocycles. The molecule has 0 bridgehead atoms. The number of aliphatic hydroxyl groups excluding tert-OH is 1. The highest BCUT2D eigenvalue weighted by molar-refractivity contribution is 5.81. The normalized spacial score (nSPS) is 12.5. The summed E-state index contributed by atoms with van der Waals surface area (Å²) in [5.41, 5.74) is 5.79. The third-order valence-electron chi connectivity index (χ3n) is 2.63. The Hall–Kier alpha value is -0.610. The van der Waals surface area contributed by atoms with E-state index in [1.54, 1.807) is 4.90 Å². The Labute approximate surface area is 98.8 Å². The van der Waals surface area contributed by atoms with Gasteiger partial charge in [0.2, 0.25) is 5.91 Å². The number of aliphatic hydroxyl groups is 1. The summed E-state index contributed by atoms with van der Waals surface area (Å²) >= 11 is 0. The minimum Gasteiger partial charge on any atom is -0.395 e. The predicted octanol–water partition coefficient (Wildman–Crippen LogP) is 1.12. The van der Waals surface area contributed by atoms with Crippen LogP contribution in [0.1, 0.15) is 46.0 Å². The molecule has 1 atom stereocenters. The molecule has 0 saturated heterocycles. The first kappa shape index (κ1) is 15.4. The van der Waals surface area contributed by atoms with Crippen LogP contribution >= 0.6 is 0 Å². The van der Waals surface area contributed by atoms with Crippen LogP contribution in [0.3, 0.4) is 0 Å². The van der Waals surface area contributed by atoms with E-state index in [-0.39, 0.29) is 12.5 Å². The van der Waals surface area contributed by atoms with Crippen molar-refractivity contribution in [1.82, 2.24) is 4.90 Å². The standard InChI is InChI=1S/C12H26N2O2/c1-3-5-6-8-14(9-10-15)12(16)11(13)7-4-2/h11,15H,3-10,13H2,1-2H3. The fraction of sp³-hybridized carbons (Fsp3) is 0.917. The number of unbranched alkanes of at least 4 members (excludes halogenated alkanes) is 2. The van der Waals surface area contributed by atoms with Gasteiger partial charge in [0.25, 0.3) is 0 Å². The van der Waals surface area contributed by atoms with E-state index < -0.39 is 6.04 Å². The van der Waals surface area contributed by atoms with Gasteiger partial charge in [-0.05, 0) is 12.8 Å². The molecule has 3 N–H and O–H groups in total. The lowest BCUT2D eigenvalue weighted by molar-refractivity contribution is -0.133. The molecule has 1 unspecified atom stereocenters. The van der Waals surface area contributed by atoms with Crippen LogP contribution in [0.15, 0.2) is 0 Å². The van der Waals surface area contributed by atoms with E-state index in [2.05, 4.69) is 6.92 Å². The molecule has 0 aliphatic rings. The first-order chi connectivity index (χ1) is 7.67. The van der Waals surface area contributed by atoms with E-state index >= 15 is 0 Å². The molecule has 0 aliphatic carbocycles. The molecule has 0 aromatic heterocycles. The number of amides is 1. The second-order valence-electron chi connectivity index (χ2n) is 4.15. The Balaban J connectivity index is 4.11. The van der Waals surface area contributed by atoms with Crippen molar-refractivity contribution in [3.63, 3.8) is 0 Å². The van der Waals surface area contributed by atoms with Gasteiger partial charge < -0.3 is 15.7 Å². The Bertz CT molecular complexity index is 186. The van der Waals surface area contributed by atoms with Crippen LogP contribution in [0.25, 0.3) is 0 Å². The van der Waals surface area contributed by atoms with E-state index in [4.69, 9.17) is 10.8 Å². The first-order valence-corrected chi connectivity index (χ1v) is 6.32. The largest absolute Gasteiger partial charge is 0.395 e. The van der Waals surface area contributed by atoms with Crippen molar-refractivity contribution in [2.24, 2.45) is 5.73 Å². The lowest BCUT2D eigenvalue weighted by atomic mass is 10.1. The van der Waals surface area contributed by atoms with Gasteiger partial charge in [0.05, 0.1) is 12.6 Å². The molecule has 0 rings (SSSR count). The van der Waals surface area contributed by atoms with Gasteiger partial charge in [-0.15, -0.1) is 0 Å². The minimum atomic E-state index is -0.404. The molecular weight excluding hydrogens is 204 g/mol. The Morgan fingerprint density at radius 2 is 1.94 bits per heavy atom. The number of nitrogens with zero attached hydrogens (tertiary/aromatic N) is 1. The molecule has 0 heterocycles. The molecule has 0 aromatic carbocycles. The summed E-state index contributed by atoms with van der Waals surface area (Å²) in [6.07, 6.45) is 4.85. The Morgan fingerprint density at radius 3 is 2.44 bits per heavy atom. The minimum absolute atomic E-state index is 0.0106. The second-order valence-corrected chi connectivity index (χ2v) is 4.15. The van der Waals surface area contributed by atoms with Gasteiger partial charge in [-0.3, -0.25) is 4.79 Å². The fourth-order valence-corrected chi connectivity index (χ4v) is 1.67. The number of nitrogens with two attached hydrogens (primary N) is 1. The first-order valence-electron chi connectivity index (χ1n) is 6.32. The highest BCUT2D eigenvalue weighted by Crippen LogP contribution is 2.03. The van der Waals surface area contributed by atoms with Crippen molar-refractivity contribution in [3.05, 3.63) is 0 Å². The third kappa shape index (κ3) is 6.08. The van der Waals surface area contributed by atoms with Crippen molar-refractivity contribution in [2.75, 3.05) is 19.7 Å². The topological polar surface area (TPSA) is 66.6 Å². The smallest absolute Gasteiger partial charge is 0.239 e. The van der Waals surface area contributed by atoms with Gasteiger partial charge in [0, 0.05) is 13.1 Å². The molecule has 0 radical (unpaired) electrons. The van der Waals surface area contributed by atoms with Crippen LogP contribution in [0.4, 0.5) is 0 Å². The average Bonchev–Trinajstić information content (AvgIpc) is 2.27. The predicted molar refractivity (Wildman–Crippen MR) is 66.1 cm³/mol. The van der Waals surface area contributed by atoms with E-state index in [9.17, 15) is 4.79 Å². The van der Waals surface area contributed by atoms with E-state index in [0.717, 1.165) is 25.7 Å². The molecule has 0 aliphatic heterocycles. The third-order valence-corrected chi connectivity index (χ3v) is 2.63. The number of carbonyl (C=O) groups excluding carboxylic acids is 1. The summed E-state index contributed by atoms with van der Waals surface area (Å²) in [6, 6.07) is -0.404. The number of rotatable bonds is 9. The SMILES string of the molecule is CCCCCN(CCO)C(=O)C(N)CCC. The maximum Gasteiger partial charge on any atom is 0.239 e. The zero-order valence-electron chi connectivity index (χ0n) is 10.6. The Morgan fingerprint density at radius 1 is 1.25 bits per heavy atom. The molecule has 1 amide bonds. The van der Waals surface area contributed by atoms with Crippen molar-refractivity contribution in [1.29, 1.82) is 0 Å². The summed E-state index contributed by atoms with van der Waals surface area (Å²) in [5.74, 6) is -0.0213. The molecule has 96 valence electrons. The zero-order valence-corrected chi connectivity index (χ0v) is 10.6. The second kappa shape index (κ2) is 9.60. The molecule has 0 spiro atoms. The van der Waals surface area contributed by atoms with Crippen LogP contribution in [0.5, 0.6) is 0 Å². The highest BCUT2D eigenvalue weighted by Gasteiger charge is 2.19. The highest BCUT2D eigenvalue weighted by atomic mass is 16.3. The van der Waals surface area contributed by atoms with Crippen molar-refractivity contribution < 1.29 is 9.90 Å². The molecule has 16 heavy (non-hydrogen) atoms. The van der Waals surface area contributed by atoms with Gasteiger partial charge in [-0.25, -0.2) is 0 Å². The summed E-state index contributed by atoms with van der Waals surface area (Å²) in [6.45, 7) is 5.27. The van der Waals surface area contributed by atoms with Gasteiger partial charge in [0.1, 0.15) is 0 Å². The zero-order chi connectivity index (χ0) is 12.4. The van der Waals surface area contributed by atoms with Crippen LogP contribution in [-0.2, 0) is 4.79 Å². The maximum atomic E-state index is 11.9. The molecule has 4 nitrogen and oxygen atoms in total. The van der Waals surface area contributed by atoms with Gasteiger partial charge in [-0.2, -0.15) is 0 Å². The van der Waals surface area contributed by atoms with Crippen molar-refractivity contribution in [2.45, 2.75) is 52.0 Å². The Kier molecular flexibility index (Phi) is 9.24. The van der Waals surface area contributed by atoms with Crippen molar-refractivity contribution >= 4 is 5.91 Å². The summed E-state index contributed by atoms with van der Waals surface area (Å²) in [4.78, 5) is 13.6. The molecule has 0 fully saturated rings. The average molecular weight is 230 g/mol. The maximum absolute atomic E-state index is 11.9. The van der Waals surface area contributed by atoms with Crippen molar-refractivity contribution in [3.8, 4) is 0 Å². The summed E-state index contributed by atoms with van der Waals surface area (Å²) in [5, 5.41) is 8.92. The lowest BCUT2D eigenvalue weighted by Gasteiger charge is -2.24. The quantitative estimate of drug-likeness (QED) is 0.583. The van der Waals surface area contributed by atoms with Crippen LogP contribution < -0.4 is 5.73 Å². The number of carbonyl (C=O) groups is 1. The van der Waals surface area contributed by atoms with E-state index in [0.29, 0.717) is 19.5 Å². The lowest BCUT2D eigenvalue weighted by Crippen LogP contribution is -2.45. The van der Waals surface area contributed by atoms with Crippen LogP contribution in [-0.4, -0.2) is 41.7 Å². The molecule has 0 aromatic rings. The van der Waals surface area contributed by atoms with E-state index in [1.165, 1.54) is 0 Å². The van der Waals surface area contributed by atoms with Gasteiger partial charge >= 0.3 is 0 Å². The molecule has 4 heteroatoms. The summed E-state index contributed by atoms with van der Waals surface area (Å²) in [7, 11) is 0. The van der Waals surface area contributed by atoms with Crippen LogP contribution in [0, 0.1) is 0 Å². The van der Waals surface area contributed by atoms with Gasteiger partial charge in [-0.1, -0.05) is 33.1 Å². The molecular formula is C12H26N2O2. The van der Waals surface area contributed by atoms with Crippen LogP contribution in [0.2, 0.25) is 0 Å². The van der Waals surface area contributed by atoms with E-state index in [1.807, 2.05) is 6.92 Å². The summed E-state index contributed by atoms with van der Waals surface area (Å²) < 4.78 is 0. The van der Waals surface area contributed by atoms with Gasteiger partial charge in [0.15, 0.2) is 0 Å². The number of hydrogen-bond donors (Lipinski definition) is 2. The monoisotopic (exact) mass is 230 g/mol. The fourth-order valence-electron chi connectivity index (χ4n) is 1.67. The number of hydrogen-bond acceptors (Lipinski definition) is 3.